The number of nitrogens with one attached hydrogen (secondary N) is 1. The van der Waals surface area contributed by atoms with Crippen LogP contribution in [0.2, 0.25) is 5.02 Å². The van der Waals surface area contributed by atoms with Gasteiger partial charge < -0.3 is 4.74 Å². The van der Waals surface area contributed by atoms with Gasteiger partial charge in [0.05, 0.1) is 11.2 Å². The largest absolute Gasteiger partial charge is 0.482 e. The topological polar surface area (TPSA) is 50.7 Å². The molecule has 0 aliphatic rings. The van der Waals surface area contributed by atoms with Crippen LogP contribution >= 0.6 is 38.9 Å². The van der Waals surface area contributed by atoms with Crippen LogP contribution in [0.25, 0.3) is 0 Å². The lowest BCUT2D eigenvalue weighted by molar-refractivity contribution is -0.123. The molecule has 0 spiro atoms. The Hall–Kier alpha value is -1.37. The minimum atomic E-state index is -0.349. The van der Waals surface area contributed by atoms with Gasteiger partial charge in [-0.1, -0.05) is 27.5 Å². The molecular weight excluding hydrogens is 376 g/mol. The molecule has 0 fully saturated rings. The number of aryl methyl sites for hydroxylation is 1. The first kappa shape index (κ1) is 16.0. The van der Waals surface area contributed by atoms with Gasteiger partial charge in [-0.25, -0.2) is 5.43 Å². The van der Waals surface area contributed by atoms with Gasteiger partial charge in [-0.2, -0.15) is 5.10 Å². The maximum absolute atomic E-state index is 11.6. The SMILES string of the molecule is Cc1ccc(/C=N/NC(=O)COc2ccc(Br)cc2Cl)s1. The molecule has 0 aliphatic heterocycles. The molecule has 0 aliphatic carbocycles. The van der Waals surface area contributed by atoms with Crippen molar-refractivity contribution < 1.29 is 9.53 Å². The van der Waals surface area contributed by atoms with Gasteiger partial charge in [-0.3, -0.25) is 4.79 Å². The van der Waals surface area contributed by atoms with E-state index in [0.29, 0.717) is 10.8 Å². The Kier molecular flexibility index (Phi) is 5.78. The molecule has 0 atom stereocenters. The van der Waals surface area contributed by atoms with Crippen LogP contribution in [-0.4, -0.2) is 18.7 Å². The number of thiophene rings is 1. The van der Waals surface area contributed by atoms with E-state index in [1.807, 2.05) is 19.1 Å². The molecule has 1 aromatic carbocycles. The minimum Gasteiger partial charge on any atom is -0.482 e. The zero-order valence-electron chi connectivity index (χ0n) is 11.1. The molecule has 0 radical (unpaired) electrons. The van der Waals surface area contributed by atoms with E-state index in [2.05, 4.69) is 26.5 Å². The Morgan fingerprint density at radius 2 is 2.29 bits per heavy atom. The predicted molar refractivity (Wildman–Crippen MR) is 89.4 cm³/mol. The molecule has 1 N–H and O–H groups in total. The summed E-state index contributed by atoms with van der Waals surface area (Å²) >= 11 is 10.9. The fraction of sp³-hybridized carbons (Fsp3) is 0.143. The summed E-state index contributed by atoms with van der Waals surface area (Å²) in [4.78, 5) is 13.8. The third kappa shape index (κ3) is 5.15. The second kappa shape index (κ2) is 7.59. The Balaban J connectivity index is 1.81. The van der Waals surface area contributed by atoms with Gasteiger partial charge in [-0.05, 0) is 37.3 Å². The van der Waals surface area contributed by atoms with Gasteiger partial charge in [0.25, 0.3) is 5.91 Å². The first-order chi connectivity index (χ1) is 10.0. The Morgan fingerprint density at radius 1 is 1.48 bits per heavy atom. The smallest absolute Gasteiger partial charge is 0.277 e. The van der Waals surface area contributed by atoms with E-state index in [9.17, 15) is 4.79 Å². The predicted octanol–water partition coefficient (Wildman–Crippen LogP) is 4.00. The maximum Gasteiger partial charge on any atom is 0.277 e. The molecule has 2 aromatic rings. The first-order valence-electron chi connectivity index (χ1n) is 6.01. The van der Waals surface area contributed by atoms with Crippen molar-refractivity contribution in [1.82, 2.24) is 5.43 Å². The number of ether oxygens (including phenoxy) is 1. The van der Waals surface area contributed by atoms with Crippen molar-refractivity contribution in [2.24, 2.45) is 5.10 Å². The van der Waals surface area contributed by atoms with Crippen molar-refractivity contribution in [2.45, 2.75) is 6.92 Å². The van der Waals surface area contributed by atoms with Gasteiger partial charge in [-0.15, -0.1) is 11.3 Å². The average molecular weight is 388 g/mol. The molecule has 0 unspecified atom stereocenters. The van der Waals surface area contributed by atoms with Gasteiger partial charge in [0, 0.05) is 14.2 Å². The third-order valence-electron chi connectivity index (χ3n) is 2.39. The lowest BCUT2D eigenvalue weighted by Gasteiger charge is -2.06. The normalized spacial score (nSPS) is 10.8. The van der Waals surface area contributed by atoms with E-state index in [0.717, 1.165) is 9.35 Å². The molecule has 0 bridgehead atoms. The number of halogens is 2. The lowest BCUT2D eigenvalue weighted by Crippen LogP contribution is -2.24. The van der Waals surface area contributed by atoms with Crippen molar-refractivity contribution in [2.75, 3.05) is 6.61 Å². The van der Waals surface area contributed by atoms with Gasteiger partial charge in [0.15, 0.2) is 6.61 Å². The number of hydrazone groups is 1. The van der Waals surface area contributed by atoms with Crippen molar-refractivity contribution in [1.29, 1.82) is 0 Å². The molecule has 4 nitrogen and oxygen atoms in total. The summed E-state index contributed by atoms with van der Waals surface area (Å²) in [6.07, 6.45) is 1.60. The average Bonchev–Trinajstić information content (AvgIpc) is 2.83. The summed E-state index contributed by atoms with van der Waals surface area (Å²) in [7, 11) is 0. The summed E-state index contributed by atoms with van der Waals surface area (Å²) in [5.74, 6) is 0.103. The highest BCUT2D eigenvalue weighted by molar-refractivity contribution is 9.10. The maximum atomic E-state index is 11.6. The first-order valence-corrected chi connectivity index (χ1v) is 7.99. The lowest BCUT2D eigenvalue weighted by atomic mass is 10.3. The summed E-state index contributed by atoms with van der Waals surface area (Å²) in [6.45, 7) is 1.86. The zero-order chi connectivity index (χ0) is 15.2. The Bertz CT molecular complexity index is 673. The second-order valence-corrected chi connectivity index (χ2v) is 6.75. The molecule has 1 heterocycles. The van der Waals surface area contributed by atoms with E-state index in [4.69, 9.17) is 16.3 Å². The number of benzene rings is 1. The summed E-state index contributed by atoms with van der Waals surface area (Å²) < 4.78 is 6.17. The van der Waals surface area contributed by atoms with Crippen LogP contribution < -0.4 is 10.2 Å². The number of carbonyl (C=O) groups is 1. The van der Waals surface area contributed by atoms with Crippen LogP contribution in [0.1, 0.15) is 9.75 Å². The van der Waals surface area contributed by atoms with E-state index in [-0.39, 0.29) is 12.5 Å². The number of nitrogens with zero attached hydrogens (tertiary/aromatic N) is 1. The van der Waals surface area contributed by atoms with Gasteiger partial charge in [0.2, 0.25) is 0 Å². The molecule has 1 amide bonds. The number of hydrogen-bond acceptors (Lipinski definition) is 4. The molecule has 0 saturated carbocycles. The number of rotatable bonds is 5. The van der Waals surface area contributed by atoms with Gasteiger partial charge >= 0.3 is 0 Å². The van der Waals surface area contributed by atoms with Crippen LogP contribution in [0.15, 0.2) is 39.9 Å². The second-order valence-electron chi connectivity index (χ2n) is 4.11. The molecular formula is C14H12BrClN2O2S. The van der Waals surface area contributed by atoms with Crippen molar-refractivity contribution in [3.8, 4) is 5.75 Å². The van der Waals surface area contributed by atoms with Crippen LogP contribution in [-0.2, 0) is 4.79 Å². The molecule has 1 aromatic heterocycles. The standard InChI is InChI=1S/C14H12BrClN2O2S/c1-9-2-4-11(21-9)7-17-18-14(19)8-20-13-5-3-10(15)6-12(13)16/h2-7H,8H2,1H3,(H,18,19)/b17-7+. The van der Waals surface area contributed by atoms with Gasteiger partial charge in [0.1, 0.15) is 5.75 Å². The van der Waals surface area contributed by atoms with E-state index < -0.39 is 0 Å². The molecule has 7 heteroatoms. The quantitative estimate of drug-likeness (QED) is 0.623. The Labute approximate surface area is 139 Å². The number of carbonyl (C=O) groups excluding carboxylic acids is 1. The summed E-state index contributed by atoms with van der Waals surface area (Å²) in [6, 6.07) is 9.11. The summed E-state index contributed by atoms with van der Waals surface area (Å²) in [5.41, 5.74) is 2.40. The van der Waals surface area contributed by atoms with E-state index in [1.165, 1.54) is 4.88 Å². The van der Waals surface area contributed by atoms with Crippen LogP contribution in [0, 0.1) is 6.92 Å². The summed E-state index contributed by atoms with van der Waals surface area (Å²) in [5, 5.41) is 4.31. The third-order valence-corrected chi connectivity index (χ3v) is 4.12. The number of amides is 1. The Morgan fingerprint density at radius 3 is 2.95 bits per heavy atom. The van der Waals surface area contributed by atoms with Crippen LogP contribution in [0.5, 0.6) is 5.75 Å². The van der Waals surface area contributed by atoms with Crippen LogP contribution in [0.4, 0.5) is 0 Å². The van der Waals surface area contributed by atoms with E-state index in [1.54, 1.807) is 35.8 Å². The van der Waals surface area contributed by atoms with Crippen molar-refractivity contribution in [3.05, 3.63) is 49.6 Å². The molecule has 21 heavy (non-hydrogen) atoms. The number of hydrogen-bond donors (Lipinski definition) is 1. The highest BCUT2D eigenvalue weighted by Crippen LogP contribution is 2.27. The molecule has 2 rings (SSSR count). The monoisotopic (exact) mass is 386 g/mol. The highest BCUT2D eigenvalue weighted by atomic mass is 79.9. The molecule has 110 valence electrons. The van der Waals surface area contributed by atoms with Crippen LogP contribution in [0.3, 0.4) is 0 Å². The van der Waals surface area contributed by atoms with E-state index >= 15 is 0 Å². The van der Waals surface area contributed by atoms with Crippen molar-refractivity contribution in [3.63, 3.8) is 0 Å². The highest BCUT2D eigenvalue weighted by Gasteiger charge is 2.05. The minimum absolute atomic E-state index is 0.151. The fourth-order valence-electron chi connectivity index (χ4n) is 1.46. The fourth-order valence-corrected chi connectivity index (χ4v) is 2.94. The van der Waals surface area contributed by atoms with Crippen molar-refractivity contribution >= 4 is 51.0 Å². The zero-order valence-corrected chi connectivity index (χ0v) is 14.3. The molecule has 0 saturated heterocycles.